The maximum Gasteiger partial charge on any atom is 0.330 e. The predicted octanol–water partition coefficient (Wildman–Crippen LogP) is 3.32. The lowest BCUT2D eigenvalue weighted by Crippen LogP contribution is -2.47. The van der Waals surface area contributed by atoms with Crippen LogP contribution in [0.5, 0.6) is 0 Å². The van der Waals surface area contributed by atoms with Crippen molar-refractivity contribution in [2.75, 3.05) is 19.0 Å². The van der Waals surface area contributed by atoms with Crippen LogP contribution in [0.3, 0.4) is 0 Å². The molecule has 0 aromatic heterocycles. The molecule has 25 heavy (non-hydrogen) atoms. The fraction of sp³-hybridized carbons (Fsp3) is 0.368. The number of ether oxygens (including phenoxy) is 2. The molecule has 6 nitrogen and oxygen atoms in total. The average Bonchev–Trinajstić information content (AvgIpc) is 2.57. The number of amides is 2. The number of anilines is 1. The van der Waals surface area contributed by atoms with Gasteiger partial charge in [0.15, 0.2) is 6.04 Å². The molecule has 0 heterocycles. The lowest BCUT2D eigenvalue weighted by Gasteiger charge is -2.24. The van der Waals surface area contributed by atoms with Crippen LogP contribution in [0.25, 0.3) is 10.8 Å². The summed E-state index contributed by atoms with van der Waals surface area (Å²) in [5, 5.41) is 7.31. The third-order valence-electron chi connectivity index (χ3n) is 3.51. The molecule has 0 aliphatic carbocycles. The molecule has 6 heteroatoms. The summed E-state index contributed by atoms with van der Waals surface area (Å²) in [6.45, 7) is 5.64. The molecule has 0 aliphatic rings. The first-order chi connectivity index (χ1) is 11.8. The van der Waals surface area contributed by atoms with E-state index in [9.17, 15) is 9.59 Å². The highest BCUT2D eigenvalue weighted by Gasteiger charge is 2.24. The van der Waals surface area contributed by atoms with Gasteiger partial charge in [-0.05, 0) is 32.2 Å². The van der Waals surface area contributed by atoms with Crippen molar-refractivity contribution >= 4 is 28.5 Å². The van der Waals surface area contributed by atoms with Crippen LogP contribution in [-0.2, 0) is 14.3 Å². The van der Waals surface area contributed by atoms with E-state index in [2.05, 4.69) is 10.6 Å². The quantitative estimate of drug-likeness (QED) is 0.816. The normalized spacial score (nSPS) is 12.5. The van der Waals surface area contributed by atoms with Crippen LogP contribution in [0.2, 0.25) is 0 Å². The summed E-state index contributed by atoms with van der Waals surface area (Å²) >= 11 is 0. The van der Waals surface area contributed by atoms with Crippen molar-refractivity contribution in [2.45, 2.75) is 32.4 Å². The minimum absolute atomic E-state index is 0.0269. The van der Waals surface area contributed by atoms with Crippen molar-refractivity contribution < 1.29 is 19.1 Å². The second kappa shape index (κ2) is 7.98. The number of fused-ring (bicyclic) bond motifs is 1. The number of rotatable bonds is 5. The van der Waals surface area contributed by atoms with E-state index in [0.717, 1.165) is 10.8 Å². The number of benzene rings is 2. The van der Waals surface area contributed by atoms with Crippen LogP contribution >= 0.6 is 0 Å². The zero-order valence-electron chi connectivity index (χ0n) is 15.0. The Kier molecular flexibility index (Phi) is 5.98. The summed E-state index contributed by atoms with van der Waals surface area (Å²) in [5.41, 5.74) is 0.232. The number of esters is 1. The van der Waals surface area contributed by atoms with Gasteiger partial charge in [0.1, 0.15) is 0 Å². The molecule has 0 saturated heterocycles. The SMILES string of the molecule is COC(=O)C(COC(C)(C)C)NC(=O)Nc1cccc2ccccc12. The van der Waals surface area contributed by atoms with Crippen LogP contribution in [0.1, 0.15) is 20.8 Å². The Morgan fingerprint density at radius 2 is 1.76 bits per heavy atom. The minimum Gasteiger partial charge on any atom is -0.467 e. The van der Waals surface area contributed by atoms with Crippen LogP contribution in [-0.4, -0.2) is 37.4 Å². The summed E-state index contributed by atoms with van der Waals surface area (Å²) < 4.78 is 10.3. The Hall–Kier alpha value is -2.60. The van der Waals surface area contributed by atoms with Gasteiger partial charge in [0.25, 0.3) is 0 Å². The van der Waals surface area contributed by atoms with Crippen molar-refractivity contribution in [3.63, 3.8) is 0 Å². The highest BCUT2D eigenvalue weighted by atomic mass is 16.5. The van der Waals surface area contributed by atoms with Gasteiger partial charge in [-0.1, -0.05) is 36.4 Å². The van der Waals surface area contributed by atoms with E-state index in [1.807, 2.05) is 57.2 Å². The van der Waals surface area contributed by atoms with Gasteiger partial charge in [-0.3, -0.25) is 0 Å². The van der Waals surface area contributed by atoms with E-state index in [0.29, 0.717) is 5.69 Å². The summed E-state index contributed by atoms with van der Waals surface area (Å²) in [6, 6.07) is 12.0. The molecule has 0 fully saturated rings. The second-order valence-corrected chi connectivity index (χ2v) is 6.62. The van der Waals surface area contributed by atoms with E-state index in [4.69, 9.17) is 9.47 Å². The Morgan fingerprint density at radius 1 is 1.08 bits per heavy atom. The van der Waals surface area contributed by atoms with Gasteiger partial charge < -0.3 is 20.1 Å². The smallest absolute Gasteiger partial charge is 0.330 e. The van der Waals surface area contributed by atoms with Crippen molar-refractivity contribution in [2.24, 2.45) is 0 Å². The highest BCUT2D eigenvalue weighted by Crippen LogP contribution is 2.22. The minimum atomic E-state index is -0.890. The van der Waals surface area contributed by atoms with Crippen molar-refractivity contribution in [3.05, 3.63) is 42.5 Å². The van der Waals surface area contributed by atoms with Gasteiger partial charge in [-0.25, -0.2) is 9.59 Å². The second-order valence-electron chi connectivity index (χ2n) is 6.62. The first kappa shape index (κ1) is 18.7. The molecule has 2 rings (SSSR count). The predicted molar refractivity (Wildman–Crippen MR) is 97.6 cm³/mol. The number of carbonyl (C=O) groups excluding carboxylic acids is 2. The molecule has 2 aromatic rings. The standard InChI is InChI=1S/C19H24N2O4/c1-19(2,3)25-12-16(17(22)24-4)21-18(23)20-15-11-7-9-13-8-5-6-10-14(13)15/h5-11,16H,12H2,1-4H3,(H2,20,21,23). The molecule has 0 saturated carbocycles. The lowest BCUT2D eigenvalue weighted by atomic mass is 10.1. The number of nitrogens with one attached hydrogen (secondary N) is 2. The number of carbonyl (C=O) groups is 2. The molecule has 2 amide bonds. The van der Waals surface area contributed by atoms with E-state index < -0.39 is 23.6 Å². The molecule has 134 valence electrons. The molecule has 0 bridgehead atoms. The zero-order valence-corrected chi connectivity index (χ0v) is 15.0. The number of methoxy groups -OCH3 is 1. The summed E-state index contributed by atoms with van der Waals surface area (Å²) in [4.78, 5) is 24.2. The van der Waals surface area contributed by atoms with E-state index in [-0.39, 0.29) is 6.61 Å². The van der Waals surface area contributed by atoms with Crippen LogP contribution in [0.15, 0.2) is 42.5 Å². The number of urea groups is 1. The lowest BCUT2D eigenvalue weighted by molar-refractivity contribution is -0.145. The van der Waals surface area contributed by atoms with Crippen molar-refractivity contribution in [1.82, 2.24) is 5.32 Å². The third kappa shape index (κ3) is 5.46. The van der Waals surface area contributed by atoms with Gasteiger partial charge in [-0.2, -0.15) is 0 Å². The van der Waals surface area contributed by atoms with Crippen molar-refractivity contribution in [3.8, 4) is 0 Å². The molecule has 1 atom stereocenters. The summed E-state index contributed by atoms with van der Waals surface area (Å²) in [7, 11) is 1.27. The van der Waals surface area contributed by atoms with Crippen LogP contribution < -0.4 is 10.6 Å². The van der Waals surface area contributed by atoms with Gasteiger partial charge in [0.2, 0.25) is 0 Å². The molecular weight excluding hydrogens is 320 g/mol. The third-order valence-corrected chi connectivity index (χ3v) is 3.51. The topological polar surface area (TPSA) is 76.7 Å². The molecule has 0 aliphatic heterocycles. The Bertz CT molecular complexity index is 747. The summed E-state index contributed by atoms with van der Waals surface area (Å²) in [5.74, 6) is -0.558. The number of hydrogen-bond acceptors (Lipinski definition) is 4. The molecule has 2 N–H and O–H groups in total. The van der Waals surface area contributed by atoms with Gasteiger partial charge in [0.05, 0.1) is 25.0 Å². The number of hydrogen-bond donors (Lipinski definition) is 2. The van der Waals surface area contributed by atoms with Gasteiger partial charge in [0, 0.05) is 5.39 Å². The maximum absolute atomic E-state index is 12.3. The average molecular weight is 344 g/mol. The monoisotopic (exact) mass is 344 g/mol. The Morgan fingerprint density at radius 3 is 2.44 bits per heavy atom. The Balaban J connectivity index is 2.08. The molecule has 1 unspecified atom stereocenters. The first-order valence-electron chi connectivity index (χ1n) is 8.07. The van der Waals surface area contributed by atoms with Gasteiger partial charge >= 0.3 is 12.0 Å². The molecule has 0 spiro atoms. The zero-order chi connectivity index (χ0) is 18.4. The first-order valence-corrected chi connectivity index (χ1v) is 8.07. The van der Waals surface area contributed by atoms with Crippen molar-refractivity contribution in [1.29, 1.82) is 0 Å². The van der Waals surface area contributed by atoms with Gasteiger partial charge in [-0.15, -0.1) is 0 Å². The fourth-order valence-electron chi connectivity index (χ4n) is 2.30. The van der Waals surface area contributed by atoms with E-state index >= 15 is 0 Å². The van der Waals surface area contributed by atoms with Crippen LogP contribution in [0.4, 0.5) is 10.5 Å². The molecule has 0 radical (unpaired) electrons. The van der Waals surface area contributed by atoms with Crippen LogP contribution in [0, 0.1) is 0 Å². The Labute approximate surface area is 147 Å². The highest BCUT2D eigenvalue weighted by molar-refractivity contribution is 6.02. The van der Waals surface area contributed by atoms with E-state index in [1.165, 1.54) is 7.11 Å². The largest absolute Gasteiger partial charge is 0.467 e. The molecular formula is C19H24N2O4. The summed E-state index contributed by atoms with van der Waals surface area (Å²) in [6.07, 6.45) is 0. The molecule has 2 aromatic carbocycles. The van der Waals surface area contributed by atoms with E-state index in [1.54, 1.807) is 6.07 Å². The fourth-order valence-corrected chi connectivity index (χ4v) is 2.30. The maximum atomic E-state index is 12.3.